The highest BCUT2D eigenvalue weighted by atomic mass is 35.5. The van der Waals surface area contributed by atoms with Gasteiger partial charge in [-0.2, -0.15) is 0 Å². The van der Waals surface area contributed by atoms with Gasteiger partial charge in [0.25, 0.3) is 0 Å². The smallest absolute Gasteiger partial charge is 0.335 e. The molecule has 0 radical (unpaired) electrons. The summed E-state index contributed by atoms with van der Waals surface area (Å²) in [5.74, 6) is -1.49. The molecule has 0 saturated carbocycles. The number of carbonyl (C=O) groups is 2. The molecule has 6 heteroatoms. The Labute approximate surface area is 76.1 Å². The van der Waals surface area contributed by atoms with Crippen molar-refractivity contribution in [3.8, 4) is 0 Å². The van der Waals surface area contributed by atoms with E-state index >= 15 is 0 Å². The number of hydrogen-bond acceptors (Lipinski definition) is 5. The Kier molecular flexibility index (Phi) is 7.88. The van der Waals surface area contributed by atoms with Gasteiger partial charge in [0.2, 0.25) is 0 Å². The Morgan fingerprint density at radius 2 is 1.83 bits per heavy atom. The van der Waals surface area contributed by atoms with Gasteiger partial charge >= 0.3 is 11.9 Å². The lowest BCUT2D eigenvalue weighted by Crippen LogP contribution is -2.25. The third-order valence-corrected chi connectivity index (χ3v) is 1.06. The van der Waals surface area contributed by atoms with Crippen LogP contribution in [0.25, 0.3) is 0 Å². The molecule has 12 heavy (non-hydrogen) atoms. The first-order chi connectivity index (χ1) is 5.11. The molecule has 0 aliphatic carbocycles. The lowest BCUT2D eigenvalue weighted by molar-refractivity contribution is -0.156. The summed E-state index contributed by atoms with van der Waals surface area (Å²) in [7, 11) is 2.30. The summed E-state index contributed by atoms with van der Waals surface area (Å²) in [6.45, 7) is 0. The Hall–Kier alpha value is -0.810. The summed E-state index contributed by atoms with van der Waals surface area (Å²) >= 11 is 0. The second kappa shape index (κ2) is 6.87. The van der Waals surface area contributed by atoms with Crippen LogP contribution in [-0.4, -0.2) is 37.4 Å². The van der Waals surface area contributed by atoms with Crippen molar-refractivity contribution in [2.45, 2.75) is 12.5 Å². The molecule has 1 atom stereocenters. The van der Waals surface area contributed by atoms with Crippen LogP contribution in [0.5, 0.6) is 0 Å². The summed E-state index contributed by atoms with van der Waals surface area (Å²) in [6.07, 6.45) is -1.80. The maximum Gasteiger partial charge on any atom is 0.335 e. The summed E-state index contributed by atoms with van der Waals surface area (Å²) in [5, 5.41) is 8.84. The minimum Gasteiger partial charge on any atom is -0.469 e. The van der Waals surface area contributed by atoms with E-state index in [0.29, 0.717) is 0 Å². The summed E-state index contributed by atoms with van der Waals surface area (Å²) in [6, 6.07) is 0. The molecule has 1 N–H and O–H groups in total. The molecule has 0 spiro atoms. The molecule has 0 aromatic carbocycles. The number of ether oxygens (including phenoxy) is 2. The summed E-state index contributed by atoms with van der Waals surface area (Å²) in [4.78, 5) is 20.9. The number of hydrogen-bond donors (Lipinski definition) is 1. The molecule has 0 amide bonds. The summed E-state index contributed by atoms with van der Waals surface area (Å²) in [5.41, 5.74) is 0. The van der Waals surface area contributed by atoms with E-state index in [1.54, 1.807) is 0 Å². The fourth-order valence-corrected chi connectivity index (χ4v) is 0.461. The zero-order valence-electron chi connectivity index (χ0n) is 6.77. The first-order valence-electron chi connectivity index (χ1n) is 2.94. The number of carbonyl (C=O) groups excluding carboxylic acids is 2. The monoisotopic (exact) mass is 198 g/mol. The van der Waals surface area contributed by atoms with Gasteiger partial charge in [-0.05, 0) is 0 Å². The predicted molar refractivity (Wildman–Crippen MR) is 41.9 cm³/mol. The van der Waals surface area contributed by atoms with Crippen LogP contribution < -0.4 is 0 Å². The van der Waals surface area contributed by atoms with Crippen molar-refractivity contribution < 1.29 is 24.2 Å². The van der Waals surface area contributed by atoms with Crippen molar-refractivity contribution in [2.75, 3.05) is 14.2 Å². The number of esters is 2. The molecular weight excluding hydrogens is 188 g/mol. The van der Waals surface area contributed by atoms with Crippen molar-refractivity contribution in [3.05, 3.63) is 0 Å². The molecule has 0 aromatic rings. The van der Waals surface area contributed by atoms with E-state index < -0.39 is 18.0 Å². The molecular formula is C6H11ClO5. The van der Waals surface area contributed by atoms with Gasteiger partial charge in [-0.15, -0.1) is 12.4 Å². The molecule has 0 rings (SSSR count). The number of methoxy groups -OCH3 is 2. The Balaban J connectivity index is 0. The molecule has 0 aliphatic heterocycles. The van der Waals surface area contributed by atoms with Crippen LogP contribution in [0.15, 0.2) is 0 Å². The topological polar surface area (TPSA) is 72.8 Å². The molecule has 0 aliphatic rings. The van der Waals surface area contributed by atoms with Gasteiger partial charge in [0.15, 0.2) is 6.10 Å². The lowest BCUT2D eigenvalue weighted by Gasteiger charge is -2.05. The van der Waals surface area contributed by atoms with Crippen LogP contribution in [0.4, 0.5) is 0 Å². The van der Waals surface area contributed by atoms with E-state index in [1.807, 2.05) is 0 Å². The molecule has 72 valence electrons. The second-order valence-corrected chi connectivity index (χ2v) is 1.82. The van der Waals surface area contributed by atoms with Crippen LogP contribution in [0.3, 0.4) is 0 Å². The van der Waals surface area contributed by atoms with Crippen LogP contribution in [0.2, 0.25) is 0 Å². The second-order valence-electron chi connectivity index (χ2n) is 1.82. The quantitative estimate of drug-likeness (QED) is 0.620. The molecule has 0 heterocycles. The van der Waals surface area contributed by atoms with Gasteiger partial charge in [0, 0.05) is 0 Å². The zero-order valence-corrected chi connectivity index (χ0v) is 7.59. The maximum atomic E-state index is 10.5. The highest BCUT2D eigenvalue weighted by Crippen LogP contribution is 1.95. The van der Waals surface area contributed by atoms with Gasteiger partial charge in [-0.3, -0.25) is 4.79 Å². The van der Waals surface area contributed by atoms with Gasteiger partial charge < -0.3 is 14.6 Å². The average Bonchev–Trinajstić information content (AvgIpc) is 2.02. The zero-order chi connectivity index (χ0) is 8.85. The number of rotatable bonds is 3. The van der Waals surface area contributed by atoms with E-state index in [4.69, 9.17) is 5.11 Å². The average molecular weight is 199 g/mol. The van der Waals surface area contributed by atoms with Crippen molar-refractivity contribution >= 4 is 24.3 Å². The highest BCUT2D eigenvalue weighted by molar-refractivity contribution is 5.85. The van der Waals surface area contributed by atoms with Crippen molar-refractivity contribution in [2.24, 2.45) is 0 Å². The third-order valence-electron chi connectivity index (χ3n) is 1.06. The normalized spacial score (nSPS) is 10.9. The Morgan fingerprint density at radius 3 is 2.17 bits per heavy atom. The number of aliphatic hydroxyl groups is 1. The highest BCUT2D eigenvalue weighted by Gasteiger charge is 2.19. The van der Waals surface area contributed by atoms with Crippen LogP contribution >= 0.6 is 12.4 Å². The Bertz CT molecular complexity index is 158. The van der Waals surface area contributed by atoms with Crippen LogP contribution in [0.1, 0.15) is 6.42 Å². The van der Waals surface area contributed by atoms with E-state index in [-0.39, 0.29) is 18.8 Å². The molecule has 0 bridgehead atoms. The molecule has 0 aromatic heterocycles. The lowest BCUT2D eigenvalue weighted by atomic mass is 10.2. The first-order valence-corrected chi connectivity index (χ1v) is 2.94. The van der Waals surface area contributed by atoms with Gasteiger partial charge in [-0.25, -0.2) is 4.79 Å². The number of aliphatic hydroxyl groups excluding tert-OH is 1. The van der Waals surface area contributed by atoms with E-state index in [0.717, 1.165) is 7.11 Å². The van der Waals surface area contributed by atoms with Gasteiger partial charge in [0.05, 0.1) is 20.6 Å². The minimum atomic E-state index is -1.42. The fraction of sp³-hybridized carbons (Fsp3) is 0.667. The fourth-order valence-electron chi connectivity index (χ4n) is 0.461. The van der Waals surface area contributed by atoms with Crippen molar-refractivity contribution in [1.82, 2.24) is 0 Å². The standard InChI is InChI=1S/C6H10O5.ClH/c1-10-5(8)3-4(7)6(9)11-2;/h4,7H,3H2,1-2H3;1H. The third kappa shape index (κ3) is 4.92. The van der Waals surface area contributed by atoms with E-state index in [1.165, 1.54) is 7.11 Å². The molecule has 0 fully saturated rings. The van der Waals surface area contributed by atoms with Crippen LogP contribution in [0, 0.1) is 0 Å². The van der Waals surface area contributed by atoms with E-state index in [2.05, 4.69) is 9.47 Å². The Morgan fingerprint density at radius 1 is 1.33 bits per heavy atom. The van der Waals surface area contributed by atoms with Crippen molar-refractivity contribution in [3.63, 3.8) is 0 Å². The largest absolute Gasteiger partial charge is 0.469 e. The van der Waals surface area contributed by atoms with Gasteiger partial charge in [0.1, 0.15) is 0 Å². The number of halogens is 1. The predicted octanol–water partition coefficient (Wildman–Crippen LogP) is -0.495. The molecule has 1 unspecified atom stereocenters. The SMILES string of the molecule is COC(=O)CC(O)C(=O)OC.Cl. The van der Waals surface area contributed by atoms with Crippen LogP contribution in [-0.2, 0) is 19.1 Å². The van der Waals surface area contributed by atoms with Crippen molar-refractivity contribution in [1.29, 1.82) is 0 Å². The molecule has 5 nitrogen and oxygen atoms in total. The maximum absolute atomic E-state index is 10.5. The minimum absolute atomic E-state index is 0. The summed E-state index contributed by atoms with van der Waals surface area (Å²) < 4.78 is 8.37. The first kappa shape index (κ1) is 13.8. The van der Waals surface area contributed by atoms with Gasteiger partial charge in [-0.1, -0.05) is 0 Å². The van der Waals surface area contributed by atoms with E-state index in [9.17, 15) is 9.59 Å². The molecule has 0 saturated heterocycles.